The maximum absolute atomic E-state index is 11.4. The van der Waals surface area contributed by atoms with E-state index in [1.807, 2.05) is 0 Å². The highest BCUT2D eigenvalue weighted by Gasteiger charge is 2.08. The number of H-pyrrole nitrogens is 2. The highest BCUT2D eigenvalue weighted by molar-refractivity contribution is 7.80. The second kappa shape index (κ2) is 3.90. The lowest BCUT2D eigenvalue weighted by Gasteiger charge is -1.94. The van der Waals surface area contributed by atoms with Gasteiger partial charge >= 0.3 is 5.69 Å². The highest BCUT2D eigenvalue weighted by atomic mass is 32.1. The molecule has 0 bridgehead atoms. The standard InChI is InChI=1S/C9H8N4O2S/c1-13-7-6(8(14)12-9(13)15)10-5(11-7)3-2-4-16/h16H,4H2,1H3,(H,10,11)(H,12,14,15). The monoisotopic (exact) mass is 236 g/mol. The molecule has 16 heavy (non-hydrogen) atoms. The van der Waals surface area contributed by atoms with Crippen LogP contribution in [0.4, 0.5) is 0 Å². The smallest absolute Gasteiger partial charge is 0.325 e. The fourth-order valence-electron chi connectivity index (χ4n) is 1.29. The third kappa shape index (κ3) is 1.63. The number of thiol groups is 1. The maximum Gasteiger partial charge on any atom is 0.329 e. The topological polar surface area (TPSA) is 83.5 Å². The Bertz CT molecular complexity index is 713. The van der Waals surface area contributed by atoms with Crippen molar-refractivity contribution in [3.8, 4) is 11.8 Å². The zero-order chi connectivity index (χ0) is 11.7. The summed E-state index contributed by atoms with van der Waals surface area (Å²) in [6.45, 7) is 0. The lowest BCUT2D eigenvalue weighted by molar-refractivity contribution is 0.832. The van der Waals surface area contributed by atoms with Crippen molar-refractivity contribution in [1.82, 2.24) is 19.5 Å². The summed E-state index contributed by atoms with van der Waals surface area (Å²) in [5, 5.41) is 0. The van der Waals surface area contributed by atoms with Crippen molar-refractivity contribution in [2.45, 2.75) is 0 Å². The molecular formula is C9H8N4O2S. The molecule has 0 fully saturated rings. The molecule has 0 amide bonds. The van der Waals surface area contributed by atoms with Crippen LogP contribution in [0.3, 0.4) is 0 Å². The van der Waals surface area contributed by atoms with E-state index in [9.17, 15) is 9.59 Å². The number of hydrogen-bond donors (Lipinski definition) is 3. The van der Waals surface area contributed by atoms with Gasteiger partial charge in [0.15, 0.2) is 17.0 Å². The lowest BCUT2D eigenvalue weighted by Crippen LogP contribution is -2.28. The van der Waals surface area contributed by atoms with Crippen LogP contribution in [-0.4, -0.2) is 25.3 Å². The molecular weight excluding hydrogens is 228 g/mol. The quantitative estimate of drug-likeness (QED) is 0.415. The van der Waals surface area contributed by atoms with Gasteiger partial charge in [-0.25, -0.2) is 9.78 Å². The van der Waals surface area contributed by atoms with Crippen LogP contribution in [0.25, 0.3) is 11.2 Å². The van der Waals surface area contributed by atoms with Gasteiger partial charge in [0.25, 0.3) is 5.56 Å². The van der Waals surface area contributed by atoms with E-state index in [1.54, 1.807) is 0 Å². The van der Waals surface area contributed by atoms with Crippen LogP contribution in [0.2, 0.25) is 0 Å². The fraction of sp³-hybridized carbons (Fsp3) is 0.222. The van der Waals surface area contributed by atoms with Crippen LogP contribution in [0.15, 0.2) is 9.59 Å². The Hall–Kier alpha value is -1.94. The molecule has 0 saturated heterocycles. The Labute approximate surface area is 95.1 Å². The van der Waals surface area contributed by atoms with Gasteiger partial charge in [0.2, 0.25) is 0 Å². The number of aromatic nitrogens is 4. The van der Waals surface area contributed by atoms with Crippen molar-refractivity contribution in [3.05, 3.63) is 26.7 Å². The van der Waals surface area contributed by atoms with E-state index >= 15 is 0 Å². The van der Waals surface area contributed by atoms with Gasteiger partial charge in [-0.15, -0.1) is 0 Å². The Kier molecular flexibility index (Phi) is 2.58. The summed E-state index contributed by atoms with van der Waals surface area (Å²) in [7, 11) is 1.53. The number of nitrogens with one attached hydrogen (secondary N) is 2. The van der Waals surface area contributed by atoms with Crippen molar-refractivity contribution in [2.24, 2.45) is 7.05 Å². The Balaban J connectivity index is 2.80. The van der Waals surface area contributed by atoms with Crippen LogP contribution in [-0.2, 0) is 7.05 Å². The fourth-order valence-corrected chi connectivity index (χ4v) is 1.37. The average Bonchev–Trinajstić information content (AvgIpc) is 2.68. The summed E-state index contributed by atoms with van der Waals surface area (Å²) in [5.74, 6) is 6.13. The molecule has 0 saturated carbocycles. The van der Waals surface area contributed by atoms with E-state index in [1.165, 1.54) is 11.6 Å². The van der Waals surface area contributed by atoms with E-state index in [0.717, 1.165) is 0 Å². The number of hydrogen-bond acceptors (Lipinski definition) is 4. The van der Waals surface area contributed by atoms with Crippen LogP contribution in [0.5, 0.6) is 0 Å². The zero-order valence-electron chi connectivity index (χ0n) is 8.37. The van der Waals surface area contributed by atoms with E-state index < -0.39 is 11.2 Å². The largest absolute Gasteiger partial charge is 0.329 e. The minimum atomic E-state index is -0.502. The van der Waals surface area contributed by atoms with Crippen molar-refractivity contribution < 1.29 is 0 Å². The SMILES string of the molecule is Cn1c(=O)[nH]c(=O)c2[nH]c(C#CCS)nc21. The summed E-state index contributed by atoms with van der Waals surface area (Å²) in [4.78, 5) is 31.7. The molecule has 6 nitrogen and oxygen atoms in total. The predicted octanol–water partition coefficient (Wildman–Crippen LogP) is -0.769. The van der Waals surface area contributed by atoms with Crippen LogP contribution >= 0.6 is 12.6 Å². The zero-order valence-corrected chi connectivity index (χ0v) is 9.26. The summed E-state index contributed by atoms with van der Waals surface area (Å²) in [6.07, 6.45) is 0. The first kappa shape index (κ1) is 10.6. The van der Waals surface area contributed by atoms with Gasteiger partial charge in [-0.2, -0.15) is 12.6 Å². The summed E-state index contributed by atoms with van der Waals surface area (Å²) in [6, 6.07) is 0. The van der Waals surface area contributed by atoms with Crippen LogP contribution < -0.4 is 11.2 Å². The number of nitrogens with zero attached hydrogens (tertiary/aromatic N) is 2. The molecule has 0 spiro atoms. The highest BCUT2D eigenvalue weighted by Crippen LogP contribution is 2.01. The minimum absolute atomic E-state index is 0.241. The van der Waals surface area contributed by atoms with Crippen molar-refractivity contribution in [3.63, 3.8) is 0 Å². The average molecular weight is 236 g/mol. The number of fused-ring (bicyclic) bond motifs is 1. The Morgan fingerprint density at radius 1 is 1.44 bits per heavy atom. The van der Waals surface area contributed by atoms with Crippen LogP contribution in [0.1, 0.15) is 5.82 Å². The first-order valence-electron chi connectivity index (χ1n) is 4.42. The van der Waals surface area contributed by atoms with E-state index in [0.29, 0.717) is 11.6 Å². The molecule has 0 aliphatic heterocycles. The number of imidazole rings is 1. The van der Waals surface area contributed by atoms with Crippen molar-refractivity contribution >= 4 is 23.8 Å². The Morgan fingerprint density at radius 3 is 2.88 bits per heavy atom. The predicted molar refractivity (Wildman–Crippen MR) is 62.7 cm³/mol. The molecule has 82 valence electrons. The molecule has 2 aromatic rings. The van der Waals surface area contributed by atoms with Crippen molar-refractivity contribution in [2.75, 3.05) is 5.75 Å². The van der Waals surface area contributed by atoms with E-state index in [2.05, 4.69) is 39.4 Å². The summed E-state index contributed by atoms with van der Waals surface area (Å²) >= 11 is 3.93. The van der Waals surface area contributed by atoms with Gasteiger partial charge in [-0.1, -0.05) is 5.92 Å². The molecule has 2 heterocycles. The number of rotatable bonds is 0. The molecule has 0 aliphatic carbocycles. The van der Waals surface area contributed by atoms with Gasteiger partial charge < -0.3 is 4.98 Å². The second-order valence-corrected chi connectivity index (χ2v) is 3.38. The minimum Gasteiger partial charge on any atom is -0.325 e. The normalized spacial score (nSPS) is 10.1. The van der Waals surface area contributed by atoms with Gasteiger partial charge in [0, 0.05) is 7.05 Å². The van der Waals surface area contributed by atoms with Gasteiger partial charge in [-0.05, 0) is 5.92 Å². The summed E-state index contributed by atoms with van der Waals surface area (Å²) < 4.78 is 1.25. The molecule has 2 aromatic heterocycles. The van der Waals surface area contributed by atoms with E-state index in [-0.39, 0.29) is 11.2 Å². The summed E-state index contributed by atoms with van der Waals surface area (Å²) in [5.41, 5.74) is -0.468. The molecule has 0 aliphatic rings. The number of aromatic amines is 2. The van der Waals surface area contributed by atoms with Gasteiger partial charge in [0.05, 0.1) is 5.75 Å². The van der Waals surface area contributed by atoms with Crippen LogP contribution in [0, 0.1) is 11.8 Å². The third-order valence-corrected chi connectivity index (χ3v) is 2.20. The molecule has 0 aromatic carbocycles. The molecule has 2 N–H and O–H groups in total. The van der Waals surface area contributed by atoms with Gasteiger partial charge in [-0.3, -0.25) is 14.3 Å². The molecule has 0 atom stereocenters. The van der Waals surface area contributed by atoms with Gasteiger partial charge in [0.1, 0.15) is 0 Å². The molecule has 7 heteroatoms. The van der Waals surface area contributed by atoms with E-state index in [4.69, 9.17) is 0 Å². The van der Waals surface area contributed by atoms with Crippen molar-refractivity contribution in [1.29, 1.82) is 0 Å². The third-order valence-electron chi connectivity index (χ3n) is 2.04. The first-order chi connectivity index (χ1) is 7.63. The lowest BCUT2D eigenvalue weighted by atomic mass is 10.5. The molecule has 0 unspecified atom stereocenters. The first-order valence-corrected chi connectivity index (χ1v) is 5.05. The Morgan fingerprint density at radius 2 is 2.19 bits per heavy atom. The maximum atomic E-state index is 11.4. The second-order valence-electron chi connectivity index (χ2n) is 3.06. The molecule has 2 rings (SSSR count). The number of aryl methyl sites for hydroxylation is 1. The molecule has 0 radical (unpaired) electrons.